The van der Waals surface area contributed by atoms with Gasteiger partial charge in [-0.2, -0.15) is 0 Å². The number of fused-ring (bicyclic) bond motifs is 3. The fourth-order valence-electron chi connectivity index (χ4n) is 4.33. The maximum absolute atomic E-state index is 12.8. The molecule has 0 fully saturated rings. The number of alkyl carbamates (subject to hydrolysis) is 1. The second kappa shape index (κ2) is 10.1. The molecule has 3 N–H and O–H groups in total. The van der Waals surface area contributed by atoms with Gasteiger partial charge in [0.15, 0.2) is 0 Å². The maximum atomic E-state index is 12.8. The monoisotopic (exact) mass is 452 g/mol. The van der Waals surface area contributed by atoms with Gasteiger partial charge in [0.2, 0.25) is 5.91 Å². The van der Waals surface area contributed by atoms with Crippen LogP contribution in [0.15, 0.2) is 48.5 Å². The Morgan fingerprint density at radius 1 is 1.00 bits per heavy atom. The van der Waals surface area contributed by atoms with Crippen LogP contribution in [0.25, 0.3) is 11.1 Å². The molecule has 3 rings (SSSR count). The smallest absolute Gasteiger partial charge is 0.407 e. The number of ether oxygens (including phenoxy) is 1. The predicted molar refractivity (Wildman–Crippen MR) is 126 cm³/mol. The molecule has 1 atom stereocenters. The number of rotatable bonds is 9. The summed E-state index contributed by atoms with van der Waals surface area (Å²) in [5.41, 5.74) is 3.55. The van der Waals surface area contributed by atoms with Gasteiger partial charge in [0.05, 0.1) is 6.42 Å². The van der Waals surface area contributed by atoms with E-state index in [4.69, 9.17) is 9.84 Å². The second-order valence-corrected chi connectivity index (χ2v) is 9.60. The Balaban J connectivity index is 1.66. The van der Waals surface area contributed by atoms with Gasteiger partial charge in [0.25, 0.3) is 0 Å². The summed E-state index contributed by atoms with van der Waals surface area (Å²) in [7, 11) is 0. The van der Waals surface area contributed by atoms with Crippen LogP contribution >= 0.6 is 0 Å². The first-order chi connectivity index (χ1) is 15.6. The molecule has 0 spiro atoms. The molecule has 0 radical (unpaired) electrons. The first-order valence-corrected chi connectivity index (χ1v) is 11.2. The summed E-state index contributed by atoms with van der Waals surface area (Å²) in [5.74, 6) is -1.37. The highest BCUT2D eigenvalue weighted by atomic mass is 16.5. The lowest BCUT2D eigenvalue weighted by atomic mass is 9.98. The van der Waals surface area contributed by atoms with Crippen LogP contribution in [-0.4, -0.2) is 41.3 Å². The van der Waals surface area contributed by atoms with Crippen molar-refractivity contribution >= 4 is 18.0 Å². The number of carboxylic acids is 1. The van der Waals surface area contributed by atoms with Gasteiger partial charge in [-0.1, -0.05) is 62.4 Å². The average molecular weight is 453 g/mol. The number of hydrogen-bond acceptors (Lipinski definition) is 4. The van der Waals surface area contributed by atoms with Crippen molar-refractivity contribution in [1.82, 2.24) is 10.6 Å². The molecule has 7 heteroatoms. The van der Waals surface area contributed by atoms with E-state index in [0.29, 0.717) is 6.42 Å². The number of carbonyl (C=O) groups is 3. The molecule has 0 saturated carbocycles. The van der Waals surface area contributed by atoms with Gasteiger partial charge in [-0.3, -0.25) is 9.59 Å². The van der Waals surface area contributed by atoms with E-state index in [9.17, 15) is 14.4 Å². The van der Waals surface area contributed by atoms with Crippen molar-refractivity contribution in [2.75, 3.05) is 6.61 Å². The van der Waals surface area contributed by atoms with E-state index in [1.54, 1.807) is 13.8 Å². The normalized spacial score (nSPS) is 13.7. The van der Waals surface area contributed by atoms with Crippen molar-refractivity contribution < 1.29 is 24.2 Å². The SMILES string of the molecule is CC(C)C[C@H](NC(=O)OCC1c2ccccc2-c2ccccc21)C(=O)NC(C)(C)CC(=O)O. The summed E-state index contributed by atoms with van der Waals surface area (Å²) < 4.78 is 5.57. The van der Waals surface area contributed by atoms with Gasteiger partial charge in [-0.25, -0.2) is 4.79 Å². The standard InChI is InChI=1S/C26H32N2O5/c1-16(2)13-22(24(31)28-26(3,4)14-23(29)30)27-25(32)33-15-21-19-11-7-5-9-17(19)18-10-6-8-12-20(18)21/h5-12,16,21-22H,13-15H2,1-4H3,(H,27,32)(H,28,31)(H,29,30)/t22-/m0/s1. The minimum atomic E-state index is -1.01. The molecule has 1 aliphatic rings. The lowest BCUT2D eigenvalue weighted by molar-refractivity contribution is -0.138. The Bertz CT molecular complexity index is 985. The van der Waals surface area contributed by atoms with Gasteiger partial charge in [-0.05, 0) is 48.4 Å². The summed E-state index contributed by atoms with van der Waals surface area (Å²) in [5, 5.41) is 14.5. The van der Waals surface area contributed by atoms with Crippen molar-refractivity contribution in [1.29, 1.82) is 0 Å². The minimum Gasteiger partial charge on any atom is -0.481 e. The van der Waals surface area contributed by atoms with E-state index >= 15 is 0 Å². The summed E-state index contributed by atoms with van der Waals surface area (Å²) in [6, 6.07) is 15.3. The first-order valence-electron chi connectivity index (χ1n) is 11.2. The van der Waals surface area contributed by atoms with Crippen LogP contribution < -0.4 is 10.6 Å². The third kappa shape index (κ3) is 6.12. The molecular formula is C26H32N2O5. The average Bonchev–Trinajstić information content (AvgIpc) is 3.04. The summed E-state index contributed by atoms with van der Waals surface area (Å²) in [4.78, 5) is 36.5. The molecule has 2 aromatic carbocycles. The molecule has 2 aromatic rings. The van der Waals surface area contributed by atoms with E-state index in [-0.39, 0.29) is 24.9 Å². The first kappa shape index (κ1) is 24.3. The number of carbonyl (C=O) groups excluding carboxylic acids is 2. The lowest BCUT2D eigenvalue weighted by Crippen LogP contribution is -2.54. The van der Waals surface area contributed by atoms with Crippen LogP contribution in [-0.2, 0) is 14.3 Å². The molecule has 1 aliphatic carbocycles. The van der Waals surface area contributed by atoms with Gasteiger partial charge >= 0.3 is 12.1 Å². The number of hydrogen-bond donors (Lipinski definition) is 3. The largest absolute Gasteiger partial charge is 0.481 e. The third-order valence-corrected chi connectivity index (χ3v) is 5.71. The van der Waals surface area contributed by atoms with Crippen molar-refractivity contribution in [3.05, 3.63) is 59.7 Å². The second-order valence-electron chi connectivity index (χ2n) is 9.60. The van der Waals surface area contributed by atoms with E-state index in [2.05, 4.69) is 22.8 Å². The Morgan fingerprint density at radius 3 is 2.06 bits per heavy atom. The van der Waals surface area contributed by atoms with Gasteiger partial charge in [-0.15, -0.1) is 0 Å². The van der Waals surface area contributed by atoms with Crippen LogP contribution in [0.1, 0.15) is 57.6 Å². The van der Waals surface area contributed by atoms with Gasteiger partial charge in [0.1, 0.15) is 12.6 Å². The zero-order valence-electron chi connectivity index (χ0n) is 19.6. The molecule has 7 nitrogen and oxygen atoms in total. The summed E-state index contributed by atoms with van der Waals surface area (Å²) in [6.07, 6.45) is -0.495. The van der Waals surface area contributed by atoms with E-state index in [1.165, 1.54) is 0 Å². The maximum Gasteiger partial charge on any atom is 0.407 e. The van der Waals surface area contributed by atoms with Crippen LogP contribution in [0.5, 0.6) is 0 Å². The van der Waals surface area contributed by atoms with Crippen molar-refractivity contribution in [2.24, 2.45) is 5.92 Å². The molecule has 0 saturated heterocycles. The van der Waals surface area contributed by atoms with Crippen LogP contribution in [0.2, 0.25) is 0 Å². The lowest BCUT2D eigenvalue weighted by Gasteiger charge is -2.28. The van der Waals surface area contributed by atoms with Crippen LogP contribution in [0.4, 0.5) is 4.79 Å². The number of nitrogens with one attached hydrogen (secondary N) is 2. The summed E-state index contributed by atoms with van der Waals surface area (Å²) in [6.45, 7) is 7.32. The molecule has 0 aromatic heterocycles. The molecule has 0 heterocycles. The van der Waals surface area contributed by atoms with Crippen molar-refractivity contribution in [2.45, 2.75) is 58.0 Å². The summed E-state index contributed by atoms with van der Waals surface area (Å²) >= 11 is 0. The molecule has 0 aliphatic heterocycles. The van der Waals surface area contributed by atoms with Crippen molar-refractivity contribution in [3.63, 3.8) is 0 Å². The minimum absolute atomic E-state index is 0.0741. The van der Waals surface area contributed by atoms with Crippen LogP contribution in [0.3, 0.4) is 0 Å². The third-order valence-electron chi connectivity index (χ3n) is 5.71. The zero-order chi connectivity index (χ0) is 24.2. The zero-order valence-corrected chi connectivity index (χ0v) is 19.6. The van der Waals surface area contributed by atoms with E-state index in [0.717, 1.165) is 22.3 Å². The Labute approximate surface area is 194 Å². The van der Waals surface area contributed by atoms with Gasteiger partial charge < -0.3 is 20.5 Å². The quantitative estimate of drug-likeness (QED) is 0.526. The molecular weight excluding hydrogens is 420 g/mol. The number of aliphatic carboxylic acids is 1. The highest BCUT2D eigenvalue weighted by Crippen LogP contribution is 2.44. The fraction of sp³-hybridized carbons (Fsp3) is 0.423. The Morgan fingerprint density at radius 2 is 1.55 bits per heavy atom. The number of benzene rings is 2. The highest BCUT2D eigenvalue weighted by molar-refractivity contribution is 5.86. The molecule has 0 unspecified atom stereocenters. The molecule has 33 heavy (non-hydrogen) atoms. The van der Waals surface area contributed by atoms with Crippen LogP contribution in [0, 0.1) is 5.92 Å². The molecule has 0 bridgehead atoms. The van der Waals surface area contributed by atoms with Gasteiger partial charge in [0, 0.05) is 11.5 Å². The molecule has 176 valence electrons. The topological polar surface area (TPSA) is 105 Å². The molecule has 2 amide bonds. The highest BCUT2D eigenvalue weighted by Gasteiger charge is 2.31. The van der Waals surface area contributed by atoms with E-state index < -0.39 is 29.6 Å². The number of amides is 2. The van der Waals surface area contributed by atoms with Crippen molar-refractivity contribution in [3.8, 4) is 11.1 Å². The Kier molecular flexibility index (Phi) is 7.41. The fourth-order valence-corrected chi connectivity index (χ4v) is 4.33. The predicted octanol–water partition coefficient (Wildman–Crippen LogP) is 4.31. The Hall–Kier alpha value is -3.35. The number of carboxylic acid groups (broad SMARTS) is 1. The van der Waals surface area contributed by atoms with E-state index in [1.807, 2.05) is 50.2 Å².